The highest BCUT2D eigenvalue weighted by Crippen LogP contribution is 2.35. The number of hydrogen-bond donors (Lipinski definition) is 1. The quantitative estimate of drug-likeness (QED) is 0.688. The monoisotopic (exact) mass is 421 g/mol. The summed E-state index contributed by atoms with van der Waals surface area (Å²) in [4.78, 5) is 5.02. The van der Waals surface area contributed by atoms with E-state index >= 15 is 0 Å². The zero-order valence-corrected chi connectivity index (χ0v) is 18.4. The standard InChI is InChI=1S/C25H31N3O3/c1-4-11-26-21-6-7-23-20(15-21)17-27(18-28(23)22-9-12-31-13-10-22)16-19-5-8-24(29-2)25(14-19)30-3/h1,5-8,14-15,22,26H,9-13,16-18H2,2-3H3. The van der Waals surface area contributed by atoms with Crippen molar-refractivity contribution < 1.29 is 14.2 Å². The normalized spacial score (nSPS) is 17.0. The molecule has 4 rings (SSSR count). The third-order valence-corrected chi connectivity index (χ3v) is 6.02. The molecular formula is C25H31N3O3. The molecule has 0 atom stereocenters. The first-order valence-electron chi connectivity index (χ1n) is 10.8. The third kappa shape index (κ3) is 4.90. The summed E-state index contributed by atoms with van der Waals surface area (Å²) < 4.78 is 16.5. The number of benzene rings is 2. The molecule has 1 saturated heterocycles. The maximum atomic E-state index is 5.62. The predicted octanol–water partition coefficient (Wildman–Crippen LogP) is 3.71. The maximum Gasteiger partial charge on any atom is 0.161 e. The smallest absolute Gasteiger partial charge is 0.161 e. The second-order valence-corrected chi connectivity index (χ2v) is 8.03. The molecule has 0 aromatic heterocycles. The Morgan fingerprint density at radius 2 is 1.90 bits per heavy atom. The molecule has 2 heterocycles. The summed E-state index contributed by atoms with van der Waals surface area (Å²) in [6.45, 7) is 4.79. The predicted molar refractivity (Wildman–Crippen MR) is 124 cm³/mol. The number of anilines is 2. The van der Waals surface area contributed by atoms with Gasteiger partial charge in [-0.3, -0.25) is 4.90 Å². The lowest BCUT2D eigenvalue weighted by Gasteiger charge is -2.44. The Morgan fingerprint density at radius 1 is 1.10 bits per heavy atom. The van der Waals surface area contributed by atoms with Crippen LogP contribution in [0.1, 0.15) is 24.0 Å². The van der Waals surface area contributed by atoms with Gasteiger partial charge in [0.2, 0.25) is 0 Å². The number of terminal acetylenes is 1. The van der Waals surface area contributed by atoms with Crippen molar-refractivity contribution in [3.05, 3.63) is 47.5 Å². The lowest BCUT2D eigenvalue weighted by Crippen LogP contribution is -2.49. The fraction of sp³-hybridized carbons (Fsp3) is 0.440. The third-order valence-electron chi connectivity index (χ3n) is 6.02. The zero-order valence-electron chi connectivity index (χ0n) is 18.4. The molecule has 0 radical (unpaired) electrons. The van der Waals surface area contributed by atoms with Crippen molar-refractivity contribution in [2.24, 2.45) is 0 Å². The van der Waals surface area contributed by atoms with E-state index < -0.39 is 0 Å². The first-order valence-corrected chi connectivity index (χ1v) is 10.8. The molecule has 0 saturated carbocycles. The van der Waals surface area contributed by atoms with Crippen LogP contribution in [-0.2, 0) is 17.8 Å². The summed E-state index contributed by atoms with van der Waals surface area (Å²) >= 11 is 0. The maximum absolute atomic E-state index is 5.62. The second-order valence-electron chi connectivity index (χ2n) is 8.03. The van der Waals surface area contributed by atoms with Gasteiger partial charge in [-0.05, 0) is 54.3 Å². The number of nitrogens with zero attached hydrogens (tertiary/aromatic N) is 2. The van der Waals surface area contributed by atoms with E-state index in [0.717, 1.165) is 63.0 Å². The van der Waals surface area contributed by atoms with Crippen molar-refractivity contribution in [2.45, 2.75) is 32.0 Å². The Labute approximate surface area is 185 Å². The summed E-state index contributed by atoms with van der Waals surface area (Å²) in [6.07, 6.45) is 7.54. The summed E-state index contributed by atoms with van der Waals surface area (Å²) in [6, 6.07) is 13.2. The van der Waals surface area contributed by atoms with Gasteiger partial charge in [-0.1, -0.05) is 12.0 Å². The van der Waals surface area contributed by atoms with E-state index in [1.165, 1.54) is 16.8 Å². The molecule has 2 aliphatic rings. The summed E-state index contributed by atoms with van der Waals surface area (Å²) in [5.41, 5.74) is 4.91. The minimum atomic E-state index is 0.491. The number of ether oxygens (including phenoxy) is 3. The molecular weight excluding hydrogens is 390 g/mol. The topological polar surface area (TPSA) is 46.2 Å². The number of methoxy groups -OCH3 is 2. The molecule has 1 N–H and O–H groups in total. The highest BCUT2D eigenvalue weighted by atomic mass is 16.5. The molecule has 0 amide bonds. The minimum Gasteiger partial charge on any atom is -0.493 e. The van der Waals surface area contributed by atoms with Crippen LogP contribution in [0.15, 0.2) is 36.4 Å². The average Bonchev–Trinajstić information content (AvgIpc) is 2.82. The molecule has 2 aromatic carbocycles. The molecule has 1 fully saturated rings. The van der Waals surface area contributed by atoms with Crippen molar-refractivity contribution in [1.82, 2.24) is 4.90 Å². The van der Waals surface area contributed by atoms with Crippen LogP contribution < -0.4 is 19.7 Å². The molecule has 31 heavy (non-hydrogen) atoms. The SMILES string of the molecule is C#CCNc1ccc2c(c1)CN(Cc1ccc(OC)c(OC)c1)CN2C1CCOCC1. The molecule has 2 aliphatic heterocycles. The molecule has 6 nitrogen and oxygen atoms in total. The van der Waals surface area contributed by atoms with Gasteiger partial charge in [-0.25, -0.2) is 0 Å². The van der Waals surface area contributed by atoms with Gasteiger partial charge in [0.15, 0.2) is 11.5 Å². The lowest BCUT2D eigenvalue weighted by molar-refractivity contribution is 0.0793. The fourth-order valence-corrected chi connectivity index (χ4v) is 4.49. The molecule has 6 heteroatoms. The largest absolute Gasteiger partial charge is 0.493 e. The van der Waals surface area contributed by atoms with Crippen molar-refractivity contribution in [3.8, 4) is 23.8 Å². The van der Waals surface area contributed by atoms with Crippen LogP contribution in [0.25, 0.3) is 0 Å². The van der Waals surface area contributed by atoms with E-state index in [-0.39, 0.29) is 0 Å². The highest BCUT2D eigenvalue weighted by molar-refractivity contribution is 5.63. The summed E-state index contributed by atoms with van der Waals surface area (Å²) in [5, 5.41) is 3.31. The van der Waals surface area contributed by atoms with E-state index in [2.05, 4.69) is 51.4 Å². The van der Waals surface area contributed by atoms with Crippen molar-refractivity contribution in [2.75, 3.05) is 50.9 Å². The van der Waals surface area contributed by atoms with E-state index in [1.807, 2.05) is 6.07 Å². The zero-order chi connectivity index (χ0) is 21.6. The minimum absolute atomic E-state index is 0.491. The molecule has 0 bridgehead atoms. The van der Waals surface area contributed by atoms with Crippen molar-refractivity contribution in [3.63, 3.8) is 0 Å². The fourth-order valence-electron chi connectivity index (χ4n) is 4.49. The van der Waals surface area contributed by atoms with E-state index in [1.54, 1.807) is 14.2 Å². The van der Waals surface area contributed by atoms with Gasteiger partial charge in [0, 0.05) is 43.7 Å². The molecule has 0 aliphatic carbocycles. The van der Waals surface area contributed by atoms with Gasteiger partial charge in [0.1, 0.15) is 0 Å². The molecule has 0 spiro atoms. The Morgan fingerprint density at radius 3 is 2.65 bits per heavy atom. The second kappa shape index (κ2) is 9.95. The van der Waals surface area contributed by atoms with Gasteiger partial charge < -0.3 is 24.4 Å². The van der Waals surface area contributed by atoms with Crippen LogP contribution in [0.2, 0.25) is 0 Å². The first kappa shape index (κ1) is 21.4. The first-order chi connectivity index (χ1) is 15.2. The van der Waals surface area contributed by atoms with Crippen LogP contribution in [0.5, 0.6) is 11.5 Å². The van der Waals surface area contributed by atoms with Gasteiger partial charge >= 0.3 is 0 Å². The average molecular weight is 422 g/mol. The van der Waals surface area contributed by atoms with Gasteiger partial charge in [-0.15, -0.1) is 6.42 Å². The number of hydrogen-bond acceptors (Lipinski definition) is 6. The van der Waals surface area contributed by atoms with E-state index in [9.17, 15) is 0 Å². The van der Waals surface area contributed by atoms with Crippen LogP contribution >= 0.6 is 0 Å². The van der Waals surface area contributed by atoms with Crippen molar-refractivity contribution >= 4 is 11.4 Å². The number of rotatable bonds is 7. The van der Waals surface area contributed by atoms with Crippen LogP contribution in [0, 0.1) is 12.3 Å². The molecule has 0 unspecified atom stereocenters. The van der Waals surface area contributed by atoms with Crippen LogP contribution in [-0.4, -0.2) is 51.6 Å². The number of fused-ring (bicyclic) bond motifs is 1. The van der Waals surface area contributed by atoms with Gasteiger partial charge in [-0.2, -0.15) is 0 Å². The van der Waals surface area contributed by atoms with Crippen LogP contribution in [0.4, 0.5) is 11.4 Å². The Bertz CT molecular complexity index is 934. The van der Waals surface area contributed by atoms with Crippen LogP contribution in [0.3, 0.4) is 0 Å². The highest BCUT2D eigenvalue weighted by Gasteiger charge is 2.29. The van der Waals surface area contributed by atoms with Gasteiger partial charge in [0.05, 0.1) is 27.4 Å². The molecule has 2 aromatic rings. The summed E-state index contributed by atoms with van der Waals surface area (Å²) in [7, 11) is 3.34. The Kier molecular flexibility index (Phi) is 6.86. The number of nitrogens with one attached hydrogen (secondary N) is 1. The summed E-state index contributed by atoms with van der Waals surface area (Å²) in [5.74, 6) is 4.17. The van der Waals surface area contributed by atoms with Gasteiger partial charge in [0.25, 0.3) is 0 Å². The van der Waals surface area contributed by atoms with E-state index in [0.29, 0.717) is 12.6 Å². The molecule has 164 valence electrons. The Hall–Kier alpha value is -2.88. The van der Waals surface area contributed by atoms with E-state index in [4.69, 9.17) is 20.6 Å². The lowest BCUT2D eigenvalue weighted by atomic mass is 10.0. The van der Waals surface area contributed by atoms with Crippen molar-refractivity contribution in [1.29, 1.82) is 0 Å². The Balaban J connectivity index is 1.59.